The average molecular weight is 1040 g/mol. The summed E-state index contributed by atoms with van der Waals surface area (Å²) in [5, 5.41) is 86.7. The van der Waals surface area contributed by atoms with Crippen molar-refractivity contribution < 1.29 is 64.6 Å². The topological polar surface area (TPSA) is 228 Å². The van der Waals surface area contributed by atoms with Crippen molar-refractivity contribution in [2.75, 3.05) is 19.8 Å². The maximum Gasteiger partial charge on any atom is 0.220 e. The van der Waals surface area contributed by atoms with Crippen molar-refractivity contribution >= 4 is 5.91 Å². The summed E-state index contributed by atoms with van der Waals surface area (Å²) in [6.07, 6.45) is 38.1. The summed E-state index contributed by atoms with van der Waals surface area (Å²) in [5.74, 6) is -0.241. The molecule has 12 unspecified atom stereocenters. The van der Waals surface area contributed by atoms with Crippen LogP contribution in [0.2, 0.25) is 0 Å². The summed E-state index contributed by atoms with van der Waals surface area (Å²) in [6.45, 7) is 2.74. The van der Waals surface area contributed by atoms with E-state index in [2.05, 4.69) is 43.5 Å². The van der Waals surface area contributed by atoms with Gasteiger partial charge in [-0.25, -0.2) is 0 Å². The normalized spacial score (nSPS) is 25.6. The highest BCUT2D eigenvalue weighted by atomic mass is 16.7. The first-order valence-electron chi connectivity index (χ1n) is 29.7. The van der Waals surface area contributed by atoms with Crippen LogP contribution in [-0.2, 0) is 23.7 Å². The standard InChI is InChI=1S/C59H109NO13/c1-3-5-7-9-11-13-14-15-16-17-18-19-20-21-22-23-24-25-26-27-28-29-30-31-32-33-34-35-37-39-41-43-51(64)60-47(48(63)42-40-38-36-12-10-8-6-4-2)46-70-58-56(69)54(67)57(50(45-62)72-58)73-59-55(68)53(66)52(65)49(44-61)71-59/h14-15,17-18,40,42,47-50,52-59,61-63,65-69H,3-13,16,19-39,41,43-46H2,1-2H3,(H,60,64)/b15-14-,18-17-,42-40+. The lowest BCUT2D eigenvalue weighted by Gasteiger charge is -2.46. The molecule has 2 rings (SSSR count). The number of carbonyl (C=O) groups is 1. The van der Waals surface area contributed by atoms with Gasteiger partial charge in [-0.2, -0.15) is 0 Å². The highest BCUT2D eigenvalue weighted by Crippen LogP contribution is 2.30. The molecule has 2 aliphatic rings. The third-order valence-electron chi connectivity index (χ3n) is 14.6. The van der Waals surface area contributed by atoms with Crippen LogP contribution in [0.15, 0.2) is 36.5 Å². The van der Waals surface area contributed by atoms with Gasteiger partial charge in [0.25, 0.3) is 0 Å². The Labute approximate surface area is 442 Å². The lowest BCUT2D eigenvalue weighted by molar-refractivity contribution is -0.359. The van der Waals surface area contributed by atoms with E-state index in [9.17, 15) is 45.6 Å². The third-order valence-corrected chi connectivity index (χ3v) is 14.6. The van der Waals surface area contributed by atoms with E-state index in [0.717, 1.165) is 51.4 Å². The highest BCUT2D eigenvalue weighted by Gasteiger charge is 2.51. The molecule has 73 heavy (non-hydrogen) atoms. The Morgan fingerprint density at radius 3 is 1.37 bits per heavy atom. The molecule has 2 heterocycles. The van der Waals surface area contributed by atoms with E-state index in [4.69, 9.17) is 18.9 Å². The molecule has 0 spiro atoms. The molecule has 0 aliphatic carbocycles. The fourth-order valence-electron chi connectivity index (χ4n) is 9.73. The summed E-state index contributed by atoms with van der Waals surface area (Å²) in [4.78, 5) is 13.2. The first kappa shape index (κ1) is 67.3. The number of carbonyl (C=O) groups excluding carboxylic acids is 1. The predicted octanol–water partition coefficient (Wildman–Crippen LogP) is 9.83. The maximum atomic E-state index is 13.2. The number of hydrogen-bond acceptors (Lipinski definition) is 13. The molecule has 0 aromatic carbocycles. The zero-order valence-corrected chi connectivity index (χ0v) is 45.9. The second-order valence-electron chi connectivity index (χ2n) is 21.1. The van der Waals surface area contributed by atoms with Crippen molar-refractivity contribution in [2.24, 2.45) is 0 Å². The summed E-state index contributed by atoms with van der Waals surface area (Å²) < 4.78 is 22.7. The SMILES string of the molecule is CCCCCCC/C=C\C/C=C\CCCCCCCCCCCCCCCCCCCCCC(=O)NC(COC1OC(CO)C(OC2OC(CO)C(O)C(O)C2O)C(O)C1O)C(O)/C=C/CCCCCCCC. The molecule has 0 saturated carbocycles. The Kier molecular flexibility index (Phi) is 41.7. The Hall–Kier alpha value is -1.79. The Bertz CT molecular complexity index is 1370. The maximum absolute atomic E-state index is 13.2. The zero-order valence-electron chi connectivity index (χ0n) is 45.9. The average Bonchev–Trinajstić information content (AvgIpc) is 3.39. The van der Waals surface area contributed by atoms with Gasteiger partial charge in [0.15, 0.2) is 12.6 Å². The van der Waals surface area contributed by atoms with Gasteiger partial charge in [0.1, 0.15) is 48.8 Å². The lowest BCUT2D eigenvalue weighted by Crippen LogP contribution is -2.65. The summed E-state index contributed by atoms with van der Waals surface area (Å²) >= 11 is 0. The number of hydrogen-bond donors (Lipinski definition) is 9. The van der Waals surface area contributed by atoms with Crippen LogP contribution in [0.3, 0.4) is 0 Å². The lowest BCUT2D eigenvalue weighted by atomic mass is 9.97. The smallest absolute Gasteiger partial charge is 0.220 e. The van der Waals surface area contributed by atoms with Gasteiger partial charge < -0.3 is 65.1 Å². The van der Waals surface area contributed by atoms with Gasteiger partial charge in [-0.05, 0) is 51.4 Å². The van der Waals surface area contributed by atoms with Crippen LogP contribution < -0.4 is 5.32 Å². The van der Waals surface area contributed by atoms with E-state index in [1.54, 1.807) is 6.08 Å². The zero-order chi connectivity index (χ0) is 53.2. The molecule has 2 aliphatic heterocycles. The van der Waals surface area contributed by atoms with Crippen molar-refractivity contribution in [3.63, 3.8) is 0 Å². The molecule has 2 saturated heterocycles. The summed E-state index contributed by atoms with van der Waals surface area (Å²) in [6, 6.07) is -0.910. The number of ether oxygens (including phenoxy) is 4. The largest absolute Gasteiger partial charge is 0.394 e. The van der Waals surface area contributed by atoms with Crippen molar-refractivity contribution in [1.82, 2.24) is 5.32 Å². The van der Waals surface area contributed by atoms with Crippen molar-refractivity contribution in [3.05, 3.63) is 36.5 Å². The Morgan fingerprint density at radius 2 is 0.904 bits per heavy atom. The van der Waals surface area contributed by atoms with Crippen LogP contribution in [-0.4, -0.2) is 140 Å². The molecule has 14 nitrogen and oxygen atoms in total. The van der Waals surface area contributed by atoms with Crippen LogP contribution in [0.4, 0.5) is 0 Å². The third kappa shape index (κ3) is 31.3. The van der Waals surface area contributed by atoms with E-state index in [1.807, 2.05) is 6.08 Å². The van der Waals surface area contributed by atoms with Gasteiger partial charge >= 0.3 is 0 Å². The number of amides is 1. The minimum absolute atomic E-state index is 0.241. The van der Waals surface area contributed by atoms with Crippen LogP contribution in [0, 0.1) is 0 Å². The molecule has 0 aromatic heterocycles. The molecular weight excluding hydrogens is 931 g/mol. The Morgan fingerprint density at radius 1 is 0.493 bits per heavy atom. The quantitative estimate of drug-likeness (QED) is 0.0205. The highest BCUT2D eigenvalue weighted by molar-refractivity contribution is 5.76. The van der Waals surface area contributed by atoms with Gasteiger partial charge in [0, 0.05) is 6.42 Å². The second-order valence-corrected chi connectivity index (χ2v) is 21.1. The number of aliphatic hydroxyl groups excluding tert-OH is 8. The van der Waals surface area contributed by atoms with E-state index < -0.39 is 86.8 Å². The molecule has 1 amide bonds. The number of unbranched alkanes of at least 4 members (excludes halogenated alkanes) is 30. The van der Waals surface area contributed by atoms with Crippen molar-refractivity contribution in [1.29, 1.82) is 0 Å². The first-order chi connectivity index (χ1) is 35.6. The summed E-state index contributed by atoms with van der Waals surface area (Å²) in [5.41, 5.74) is 0. The molecule has 12 atom stereocenters. The first-order valence-corrected chi connectivity index (χ1v) is 29.7. The van der Waals surface area contributed by atoms with Crippen molar-refractivity contribution in [2.45, 2.75) is 312 Å². The van der Waals surface area contributed by atoms with Crippen LogP contribution in [0.1, 0.15) is 239 Å². The molecular formula is C59H109NO13. The number of nitrogens with one attached hydrogen (secondary N) is 1. The minimum atomic E-state index is -1.79. The van der Waals surface area contributed by atoms with E-state index in [-0.39, 0.29) is 18.9 Å². The molecule has 0 bridgehead atoms. The molecule has 428 valence electrons. The predicted molar refractivity (Wildman–Crippen MR) is 291 cm³/mol. The fraction of sp³-hybridized carbons (Fsp3) is 0.881. The van der Waals surface area contributed by atoms with Crippen LogP contribution in [0.25, 0.3) is 0 Å². The van der Waals surface area contributed by atoms with Gasteiger partial charge in [-0.3, -0.25) is 4.79 Å². The van der Waals surface area contributed by atoms with Gasteiger partial charge in [-0.1, -0.05) is 217 Å². The molecule has 0 radical (unpaired) electrons. The van der Waals surface area contributed by atoms with E-state index in [1.165, 1.54) is 161 Å². The number of aliphatic hydroxyl groups is 8. The van der Waals surface area contributed by atoms with Gasteiger partial charge in [0.05, 0.1) is 32.0 Å². The minimum Gasteiger partial charge on any atom is -0.394 e. The monoisotopic (exact) mass is 1040 g/mol. The molecule has 2 fully saturated rings. The van der Waals surface area contributed by atoms with Crippen LogP contribution >= 0.6 is 0 Å². The van der Waals surface area contributed by atoms with Gasteiger partial charge in [0.2, 0.25) is 5.91 Å². The second kappa shape index (κ2) is 45.3. The molecule has 14 heteroatoms. The van der Waals surface area contributed by atoms with E-state index in [0.29, 0.717) is 6.42 Å². The number of allylic oxidation sites excluding steroid dienone is 5. The molecule has 0 aromatic rings. The summed E-state index contributed by atoms with van der Waals surface area (Å²) in [7, 11) is 0. The molecule has 9 N–H and O–H groups in total. The van der Waals surface area contributed by atoms with E-state index >= 15 is 0 Å². The fourth-order valence-corrected chi connectivity index (χ4v) is 9.73. The van der Waals surface area contributed by atoms with Gasteiger partial charge in [-0.15, -0.1) is 0 Å². The number of rotatable bonds is 47. The van der Waals surface area contributed by atoms with Crippen LogP contribution in [0.5, 0.6) is 0 Å². The van der Waals surface area contributed by atoms with Crippen molar-refractivity contribution in [3.8, 4) is 0 Å². The Balaban J connectivity index is 1.60.